The van der Waals surface area contributed by atoms with E-state index in [4.69, 9.17) is 24.4 Å². The second-order valence-electron chi connectivity index (χ2n) is 18.2. The molecular weight excluding hydrogens is 897 g/mol. The van der Waals surface area contributed by atoms with Gasteiger partial charge in [0.25, 0.3) is 0 Å². The number of fused-ring (bicyclic) bond motifs is 7. The number of hydrogen-bond donors (Lipinski definition) is 0. The monoisotopic (exact) mass is 936 g/mol. The lowest BCUT2D eigenvalue weighted by molar-refractivity contribution is 0.667. The molecule has 0 fully saturated rings. The van der Waals surface area contributed by atoms with Crippen molar-refractivity contribution >= 4 is 64.5 Å². The lowest BCUT2D eigenvalue weighted by Gasteiger charge is -2.11. The summed E-state index contributed by atoms with van der Waals surface area (Å²) in [6.07, 6.45) is 0. The fourth-order valence-electron chi connectivity index (χ4n) is 10.1. The number of nitrogens with zero attached hydrogens (tertiary/aromatic N) is 4. The topological polar surface area (TPSA) is 64.7 Å². The fourth-order valence-corrected chi connectivity index (χ4v) is 11.2. The van der Waals surface area contributed by atoms with Crippen molar-refractivity contribution in [3.05, 3.63) is 243 Å². The van der Waals surface area contributed by atoms with Crippen molar-refractivity contribution in [2.24, 2.45) is 0 Å². The van der Waals surface area contributed by atoms with Crippen LogP contribution in [0.1, 0.15) is 0 Å². The highest BCUT2D eigenvalue weighted by Gasteiger charge is 2.20. The smallest absolute Gasteiger partial charge is 0.180 e. The van der Waals surface area contributed by atoms with Gasteiger partial charge in [-0.1, -0.05) is 194 Å². The number of furan rings is 1. The van der Waals surface area contributed by atoms with E-state index < -0.39 is 0 Å². The summed E-state index contributed by atoms with van der Waals surface area (Å²) >= 11 is 1.75. The maximum absolute atomic E-state index is 6.48. The van der Waals surface area contributed by atoms with Crippen LogP contribution in [-0.4, -0.2) is 19.9 Å². The largest absolute Gasteiger partial charge is 0.452 e. The van der Waals surface area contributed by atoms with Gasteiger partial charge < -0.3 is 4.42 Å². The molecule has 0 saturated heterocycles. The van der Waals surface area contributed by atoms with Crippen molar-refractivity contribution < 1.29 is 4.42 Å². The van der Waals surface area contributed by atoms with Gasteiger partial charge in [-0.3, -0.25) is 0 Å². The molecule has 5 nitrogen and oxygen atoms in total. The van der Waals surface area contributed by atoms with Crippen LogP contribution in [0.5, 0.6) is 0 Å². The maximum atomic E-state index is 6.48. The zero-order valence-corrected chi connectivity index (χ0v) is 39.5. The summed E-state index contributed by atoms with van der Waals surface area (Å²) in [6.45, 7) is 0. The van der Waals surface area contributed by atoms with Crippen molar-refractivity contribution in [3.63, 3.8) is 0 Å². The van der Waals surface area contributed by atoms with Gasteiger partial charge in [-0.25, -0.2) is 19.9 Å². The average Bonchev–Trinajstić information content (AvgIpc) is 4.04. The van der Waals surface area contributed by atoms with E-state index in [2.05, 4.69) is 218 Å². The van der Waals surface area contributed by atoms with Gasteiger partial charge in [0.15, 0.2) is 17.2 Å². The summed E-state index contributed by atoms with van der Waals surface area (Å²) in [5, 5.41) is 4.43. The molecule has 0 aliphatic rings. The summed E-state index contributed by atoms with van der Waals surface area (Å²) in [7, 11) is 0. The molecule has 10 aromatic carbocycles. The van der Waals surface area contributed by atoms with Crippen LogP contribution in [0.25, 0.3) is 143 Å². The van der Waals surface area contributed by atoms with Crippen molar-refractivity contribution in [3.8, 4) is 89.8 Å². The quantitative estimate of drug-likeness (QED) is 0.152. The van der Waals surface area contributed by atoms with E-state index in [0.29, 0.717) is 17.2 Å². The molecule has 0 aliphatic heterocycles. The molecule has 0 amide bonds. The number of hydrogen-bond acceptors (Lipinski definition) is 6. The Morgan fingerprint density at radius 2 is 0.764 bits per heavy atom. The normalized spacial score (nSPS) is 11.6. The fraction of sp³-hybridized carbons (Fsp3) is 0. The first-order valence-corrected chi connectivity index (χ1v) is 24.9. The first-order chi connectivity index (χ1) is 35.6. The Kier molecular flexibility index (Phi) is 9.96. The molecule has 14 aromatic rings. The van der Waals surface area contributed by atoms with Gasteiger partial charge in [0, 0.05) is 37.7 Å². The number of rotatable bonds is 8. The SMILES string of the molecule is c1ccc(-c2ccc(-c3nc(-c4cccc(-c5cccc(-c6cccc(-c7cccc(-c8nc(-c9ccc%10ccccc%10c9)c9oc%10ccccc%10c9n8)c7)c6)c5)c4)c4sc5ccccc5c4n3)cc2)cc1. The van der Waals surface area contributed by atoms with Crippen LogP contribution in [0.3, 0.4) is 0 Å². The van der Waals surface area contributed by atoms with Gasteiger partial charge in [0.05, 0.1) is 15.9 Å². The minimum absolute atomic E-state index is 0.647. The first-order valence-electron chi connectivity index (χ1n) is 24.1. The predicted molar refractivity (Wildman–Crippen MR) is 299 cm³/mol. The van der Waals surface area contributed by atoms with Crippen LogP contribution >= 0.6 is 11.3 Å². The van der Waals surface area contributed by atoms with Gasteiger partial charge in [0.1, 0.15) is 16.8 Å². The van der Waals surface area contributed by atoms with E-state index in [9.17, 15) is 0 Å². The Bertz CT molecular complexity index is 4400. The van der Waals surface area contributed by atoms with Crippen LogP contribution < -0.4 is 0 Å². The Balaban J connectivity index is 0.809. The number of thiophene rings is 1. The van der Waals surface area contributed by atoms with Gasteiger partial charge in [-0.05, 0) is 104 Å². The van der Waals surface area contributed by atoms with Crippen molar-refractivity contribution in [2.75, 3.05) is 0 Å². The molecule has 0 aliphatic carbocycles. The average molecular weight is 937 g/mol. The van der Waals surface area contributed by atoms with Gasteiger partial charge in [-0.15, -0.1) is 11.3 Å². The lowest BCUT2D eigenvalue weighted by Crippen LogP contribution is -1.94. The molecule has 6 heteroatoms. The molecule has 0 spiro atoms. The second kappa shape index (κ2) is 17.2. The van der Waals surface area contributed by atoms with Crippen molar-refractivity contribution in [2.45, 2.75) is 0 Å². The molecule has 0 unspecified atom stereocenters. The summed E-state index contributed by atoms with van der Waals surface area (Å²) in [5.74, 6) is 1.36. The molecule has 4 aromatic heterocycles. The predicted octanol–water partition coefficient (Wildman–Crippen LogP) is 18.0. The van der Waals surface area contributed by atoms with Gasteiger partial charge >= 0.3 is 0 Å². The molecule has 336 valence electrons. The van der Waals surface area contributed by atoms with E-state index in [0.717, 1.165) is 110 Å². The zero-order chi connectivity index (χ0) is 47.5. The highest BCUT2D eigenvalue weighted by atomic mass is 32.1. The maximum Gasteiger partial charge on any atom is 0.180 e. The van der Waals surface area contributed by atoms with Crippen molar-refractivity contribution in [1.29, 1.82) is 0 Å². The summed E-state index contributed by atoms with van der Waals surface area (Å²) in [5.41, 5.74) is 17.9. The molecule has 0 radical (unpaired) electrons. The molecular formula is C66H40N4OS. The number of benzene rings is 10. The second-order valence-corrected chi connectivity index (χ2v) is 19.2. The van der Waals surface area contributed by atoms with Gasteiger partial charge in [-0.2, -0.15) is 0 Å². The molecule has 0 saturated carbocycles. The van der Waals surface area contributed by atoms with Crippen LogP contribution in [0.4, 0.5) is 0 Å². The minimum Gasteiger partial charge on any atom is -0.452 e. The summed E-state index contributed by atoms with van der Waals surface area (Å²) in [4.78, 5) is 21.0. The lowest BCUT2D eigenvalue weighted by atomic mass is 9.95. The Labute approximate surface area is 419 Å². The molecule has 0 bridgehead atoms. The summed E-state index contributed by atoms with van der Waals surface area (Å²) < 4.78 is 8.76. The summed E-state index contributed by atoms with van der Waals surface area (Å²) in [6, 6.07) is 85.4. The van der Waals surface area contributed by atoms with Crippen LogP contribution in [-0.2, 0) is 0 Å². The third kappa shape index (κ3) is 7.41. The van der Waals surface area contributed by atoms with Crippen molar-refractivity contribution in [1.82, 2.24) is 19.9 Å². The van der Waals surface area contributed by atoms with Gasteiger partial charge in [0.2, 0.25) is 0 Å². The molecule has 4 heterocycles. The Hall–Kier alpha value is -9.36. The highest BCUT2D eigenvalue weighted by molar-refractivity contribution is 7.26. The van der Waals surface area contributed by atoms with E-state index in [1.165, 1.54) is 15.6 Å². The molecule has 0 atom stereocenters. The van der Waals surface area contributed by atoms with Crippen LogP contribution in [0.15, 0.2) is 247 Å². The molecule has 0 N–H and O–H groups in total. The first kappa shape index (κ1) is 41.6. The standard InChI is InChI=1S/C66H40N4OS/c1-2-14-41(15-3-1)43-30-33-44(34-31-43)65-68-60(64-62(70-65)56-27-7-9-29-58(56)72-64)52-24-12-22-50(39-52)48-20-10-18-46(36-48)47-19-11-21-49(37-47)51-23-13-25-54(40-51)66-67-59(53-35-32-42-16-4-5-17-45(42)38-53)63-61(69-66)55-26-6-8-28-57(55)71-63/h1-40H. The van der Waals surface area contributed by atoms with E-state index in [-0.39, 0.29) is 0 Å². The highest BCUT2D eigenvalue weighted by Crippen LogP contribution is 2.42. The van der Waals surface area contributed by atoms with Crippen LogP contribution in [0, 0.1) is 0 Å². The third-order valence-electron chi connectivity index (χ3n) is 13.7. The zero-order valence-electron chi connectivity index (χ0n) is 38.7. The van der Waals surface area contributed by atoms with Crippen LogP contribution in [0.2, 0.25) is 0 Å². The molecule has 72 heavy (non-hydrogen) atoms. The number of para-hydroxylation sites is 1. The number of aromatic nitrogens is 4. The van der Waals surface area contributed by atoms with E-state index in [1.807, 2.05) is 24.3 Å². The minimum atomic E-state index is 0.647. The van der Waals surface area contributed by atoms with E-state index in [1.54, 1.807) is 11.3 Å². The van der Waals surface area contributed by atoms with E-state index >= 15 is 0 Å². The third-order valence-corrected chi connectivity index (χ3v) is 14.9. The molecule has 14 rings (SSSR count). The Morgan fingerprint density at radius 1 is 0.292 bits per heavy atom. The Morgan fingerprint density at radius 3 is 1.49 bits per heavy atom.